The molecule has 0 fully saturated rings. The molecular weight excluding hydrogens is 296 g/mol. The number of nitro groups is 1. The molecule has 0 bridgehead atoms. The van der Waals surface area contributed by atoms with Gasteiger partial charge in [-0.15, -0.1) is 0 Å². The zero-order valence-electron chi connectivity index (χ0n) is 13.3. The first-order valence-electron chi connectivity index (χ1n) is 7.57. The van der Waals surface area contributed by atoms with E-state index >= 15 is 0 Å². The predicted octanol–water partition coefficient (Wildman–Crippen LogP) is 2.71. The van der Waals surface area contributed by atoms with Gasteiger partial charge in [-0.1, -0.05) is 0 Å². The number of hydrogen-bond acceptors (Lipinski definition) is 4. The Bertz CT molecular complexity index is 797. The molecule has 120 valence electrons. The SMILES string of the molecule is CCn1nc(C)cc1C(=O)N1c2ccc([N+](=O)[O-])cc2CC1C. The number of aromatic nitrogens is 2. The van der Waals surface area contributed by atoms with Crippen LogP contribution in [0.3, 0.4) is 0 Å². The number of anilines is 1. The van der Waals surface area contributed by atoms with Crippen LogP contribution in [0, 0.1) is 17.0 Å². The van der Waals surface area contributed by atoms with E-state index in [1.165, 1.54) is 6.07 Å². The summed E-state index contributed by atoms with van der Waals surface area (Å²) >= 11 is 0. The Morgan fingerprint density at radius 3 is 2.83 bits per heavy atom. The molecule has 1 amide bonds. The van der Waals surface area contributed by atoms with Crippen LogP contribution in [-0.4, -0.2) is 26.7 Å². The van der Waals surface area contributed by atoms with E-state index in [2.05, 4.69) is 5.10 Å². The highest BCUT2D eigenvalue weighted by molar-refractivity contribution is 6.06. The van der Waals surface area contributed by atoms with Crippen molar-refractivity contribution < 1.29 is 9.72 Å². The Morgan fingerprint density at radius 2 is 2.17 bits per heavy atom. The lowest BCUT2D eigenvalue weighted by Gasteiger charge is -2.22. The summed E-state index contributed by atoms with van der Waals surface area (Å²) in [5.74, 6) is -0.118. The number of fused-ring (bicyclic) bond motifs is 1. The maximum atomic E-state index is 13.0. The van der Waals surface area contributed by atoms with Gasteiger partial charge in [0.25, 0.3) is 11.6 Å². The number of aryl methyl sites for hydroxylation is 2. The number of hydrogen-bond donors (Lipinski definition) is 0. The van der Waals surface area contributed by atoms with Crippen LogP contribution in [0.15, 0.2) is 24.3 Å². The smallest absolute Gasteiger partial charge is 0.276 e. The number of non-ortho nitro benzene ring substituents is 1. The molecule has 0 saturated carbocycles. The van der Waals surface area contributed by atoms with Crippen molar-refractivity contribution in [2.75, 3.05) is 4.90 Å². The number of carbonyl (C=O) groups is 1. The molecule has 3 rings (SSSR count). The van der Waals surface area contributed by atoms with Crippen molar-refractivity contribution in [3.05, 3.63) is 51.3 Å². The van der Waals surface area contributed by atoms with Crippen molar-refractivity contribution in [1.29, 1.82) is 0 Å². The lowest BCUT2D eigenvalue weighted by atomic mass is 10.1. The number of benzene rings is 1. The molecule has 23 heavy (non-hydrogen) atoms. The van der Waals surface area contributed by atoms with Gasteiger partial charge in [0, 0.05) is 30.4 Å². The molecule has 0 spiro atoms. The fourth-order valence-corrected chi connectivity index (χ4v) is 3.12. The summed E-state index contributed by atoms with van der Waals surface area (Å²) in [5, 5.41) is 15.2. The van der Waals surface area contributed by atoms with Gasteiger partial charge in [-0.2, -0.15) is 5.10 Å². The van der Waals surface area contributed by atoms with Crippen molar-refractivity contribution in [3.8, 4) is 0 Å². The summed E-state index contributed by atoms with van der Waals surface area (Å²) in [6.07, 6.45) is 0.613. The molecule has 1 unspecified atom stereocenters. The van der Waals surface area contributed by atoms with Crippen LogP contribution in [0.5, 0.6) is 0 Å². The van der Waals surface area contributed by atoms with Gasteiger partial charge in [0.15, 0.2) is 0 Å². The summed E-state index contributed by atoms with van der Waals surface area (Å²) in [5.41, 5.74) is 2.97. The van der Waals surface area contributed by atoms with Gasteiger partial charge in [0.1, 0.15) is 5.69 Å². The van der Waals surface area contributed by atoms with E-state index in [1.807, 2.05) is 20.8 Å². The third-order valence-electron chi connectivity index (χ3n) is 4.13. The summed E-state index contributed by atoms with van der Waals surface area (Å²) < 4.78 is 1.69. The predicted molar refractivity (Wildman–Crippen MR) is 85.7 cm³/mol. The van der Waals surface area contributed by atoms with Crippen LogP contribution in [-0.2, 0) is 13.0 Å². The fraction of sp³-hybridized carbons (Fsp3) is 0.375. The second-order valence-corrected chi connectivity index (χ2v) is 5.79. The molecule has 1 aliphatic rings. The van der Waals surface area contributed by atoms with Crippen LogP contribution >= 0.6 is 0 Å². The molecule has 2 aromatic rings. The van der Waals surface area contributed by atoms with E-state index in [9.17, 15) is 14.9 Å². The Kier molecular flexibility index (Phi) is 3.63. The molecular formula is C16H18N4O3. The normalized spacial score (nSPS) is 16.5. The van der Waals surface area contributed by atoms with E-state index in [0.29, 0.717) is 18.7 Å². The second kappa shape index (κ2) is 5.49. The maximum absolute atomic E-state index is 13.0. The molecule has 7 nitrogen and oxygen atoms in total. The monoisotopic (exact) mass is 314 g/mol. The summed E-state index contributed by atoms with van der Waals surface area (Å²) in [6.45, 7) is 6.36. The molecule has 0 radical (unpaired) electrons. The number of carbonyl (C=O) groups excluding carboxylic acids is 1. The van der Waals surface area contributed by atoms with Crippen molar-refractivity contribution in [3.63, 3.8) is 0 Å². The van der Waals surface area contributed by atoms with Crippen molar-refractivity contribution in [2.45, 2.75) is 39.8 Å². The number of nitrogens with zero attached hydrogens (tertiary/aromatic N) is 4. The second-order valence-electron chi connectivity index (χ2n) is 5.79. The molecule has 1 aromatic heterocycles. The van der Waals surface area contributed by atoms with E-state index in [4.69, 9.17) is 0 Å². The Labute approximate surface area is 133 Å². The summed E-state index contributed by atoms with van der Waals surface area (Å²) in [4.78, 5) is 25.2. The average Bonchev–Trinajstić information content (AvgIpc) is 3.04. The molecule has 0 aliphatic carbocycles. The van der Waals surface area contributed by atoms with Gasteiger partial charge in [-0.3, -0.25) is 19.6 Å². The largest absolute Gasteiger partial charge is 0.304 e. The summed E-state index contributed by atoms with van der Waals surface area (Å²) in [6, 6.07) is 6.40. The molecule has 1 atom stereocenters. The highest BCUT2D eigenvalue weighted by Gasteiger charge is 2.34. The van der Waals surface area contributed by atoms with Crippen molar-refractivity contribution in [2.24, 2.45) is 0 Å². The Balaban J connectivity index is 2.01. The minimum Gasteiger partial charge on any atom is -0.304 e. The van der Waals surface area contributed by atoms with Gasteiger partial charge in [0.2, 0.25) is 0 Å². The fourth-order valence-electron chi connectivity index (χ4n) is 3.12. The van der Waals surface area contributed by atoms with Crippen LogP contribution in [0.2, 0.25) is 0 Å². The zero-order valence-corrected chi connectivity index (χ0v) is 13.3. The average molecular weight is 314 g/mol. The molecule has 2 heterocycles. The van der Waals surface area contributed by atoms with Gasteiger partial charge < -0.3 is 4.90 Å². The third-order valence-corrected chi connectivity index (χ3v) is 4.13. The lowest BCUT2D eigenvalue weighted by molar-refractivity contribution is -0.384. The van der Waals surface area contributed by atoms with Gasteiger partial charge >= 0.3 is 0 Å². The topological polar surface area (TPSA) is 81.3 Å². The Hall–Kier alpha value is -2.70. The van der Waals surface area contributed by atoms with E-state index in [1.54, 1.807) is 27.8 Å². The Morgan fingerprint density at radius 1 is 1.43 bits per heavy atom. The van der Waals surface area contributed by atoms with Crippen LogP contribution in [0.1, 0.15) is 35.6 Å². The van der Waals surface area contributed by atoms with Gasteiger partial charge in [-0.25, -0.2) is 0 Å². The molecule has 7 heteroatoms. The van der Waals surface area contributed by atoms with Crippen LogP contribution in [0.25, 0.3) is 0 Å². The molecule has 1 aromatic carbocycles. The summed E-state index contributed by atoms with van der Waals surface area (Å²) in [7, 11) is 0. The molecule has 0 saturated heterocycles. The first kappa shape index (κ1) is 15.2. The molecule has 1 aliphatic heterocycles. The number of amides is 1. The van der Waals surface area contributed by atoms with Crippen molar-refractivity contribution >= 4 is 17.3 Å². The lowest BCUT2D eigenvalue weighted by Crippen LogP contribution is -2.37. The zero-order chi connectivity index (χ0) is 16.7. The van der Waals surface area contributed by atoms with E-state index in [0.717, 1.165) is 16.9 Å². The minimum atomic E-state index is -0.412. The van der Waals surface area contributed by atoms with Crippen molar-refractivity contribution in [1.82, 2.24) is 9.78 Å². The minimum absolute atomic E-state index is 0.0417. The van der Waals surface area contributed by atoms with Crippen LogP contribution < -0.4 is 4.90 Å². The number of rotatable bonds is 3. The third kappa shape index (κ3) is 2.48. The first-order chi connectivity index (χ1) is 10.9. The molecule has 0 N–H and O–H groups in total. The van der Waals surface area contributed by atoms with Gasteiger partial charge in [-0.05, 0) is 44.9 Å². The number of nitro benzene ring substituents is 1. The van der Waals surface area contributed by atoms with E-state index < -0.39 is 4.92 Å². The maximum Gasteiger partial charge on any atom is 0.276 e. The van der Waals surface area contributed by atoms with Crippen LogP contribution in [0.4, 0.5) is 11.4 Å². The standard InChI is InChI=1S/C16H18N4O3/c1-4-18-15(7-10(2)17-18)16(21)19-11(3)8-12-9-13(20(22)23)5-6-14(12)19/h5-7,9,11H,4,8H2,1-3H3. The first-order valence-corrected chi connectivity index (χ1v) is 7.57. The van der Waals surface area contributed by atoms with Gasteiger partial charge in [0.05, 0.1) is 10.6 Å². The van der Waals surface area contributed by atoms with E-state index in [-0.39, 0.29) is 17.6 Å². The highest BCUT2D eigenvalue weighted by Crippen LogP contribution is 2.35. The quantitative estimate of drug-likeness (QED) is 0.644. The highest BCUT2D eigenvalue weighted by atomic mass is 16.6.